The van der Waals surface area contributed by atoms with E-state index in [1.807, 2.05) is 18.2 Å². The van der Waals surface area contributed by atoms with E-state index in [9.17, 15) is 0 Å². The number of rotatable bonds is 4. The molecule has 0 spiro atoms. The topological polar surface area (TPSA) is 47.0 Å². The molecule has 0 radical (unpaired) electrons. The van der Waals surface area contributed by atoms with Gasteiger partial charge in [-0.2, -0.15) is 11.3 Å². The van der Waals surface area contributed by atoms with Gasteiger partial charge in [0.15, 0.2) is 5.82 Å². The molecule has 118 valence electrons. The highest BCUT2D eigenvalue weighted by atomic mass is 32.1. The van der Waals surface area contributed by atoms with Gasteiger partial charge in [0, 0.05) is 22.9 Å². The lowest BCUT2D eigenvalue weighted by Crippen LogP contribution is -2.30. The zero-order valence-corrected chi connectivity index (χ0v) is 13.8. The molecular weight excluding hydrogens is 306 g/mol. The van der Waals surface area contributed by atoms with Gasteiger partial charge in [0.25, 0.3) is 0 Å². The van der Waals surface area contributed by atoms with Crippen LogP contribution in [0.25, 0.3) is 22.3 Å². The van der Waals surface area contributed by atoms with Crippen molar-refractivity contribution in [3.8, 4) is 11.4 Å². The van der Waals surface area contributed by atoms with E-state index in [0.717, 1.165) is 47.6 Å². The molecule has 0 saturated carbocycles. The van der Waals surface area contributed by atoms with Crippen LogP contribution in [0.3, 0.4) is 0 Å². The number of aromatic nitrogens is 2. The van der Waals surface area contributed by atoms with Crippen LogP contribution in [0.15, 0.2) is 41.1 Å². The normalized spacial score (nSPS) is 19.1. The highest BCUT2D eigenvalue weighted by molar-refractivity contribution is 7.08. The molecule has 1 aromatic carbocycles. The SMILES string of the molecule is C[C@@H](Nc1nc(-c2ccsc2)nc2ccccc12)[C@H]1CCCO1. The summed E-state index contributed by atoms with van der Waals surface area (Å²) < 4.78 is 5.80. The van der Waals surface area contributed by atoms with E-state index in [0.29, 0.717) is 0 Å². The number of ether oxygens (including phenoxy) is 1. The molecule has 2 aromatic heterocycles. The van der Waals surface area contributed by atoms with E-state index in [-0.39, 0.29) is 12.1 Å². The fraction of sp³-hybridized carbons (Fsp3) is 0.333. The molecular formula is C18H19N3OS. The van der Waals surface area contributed by atoms with E-state index in [1.165, 1.54) is 0 Å². The maximum Gasteiger partial charge on any atom is 0.162 e. The van der Waals surface area contributed by atoms with Crippen LogP contribution in [-0.4, -0.2) is 28.7 Å². The Morgan fingerprint density at radius 3 is 2.96 bits per heavy atom. The largest absolute Gasteiger partial charge is 0.376 e. The Hall–Kier alpha value is -1.98. The van der Waals surface area contributed by atoms with Crippen LogP contribution in [0.1, 0.15) is 19.8 Å². The Morgan fingerprint density at radius 2 is 2.17 bits per heavy atom. The first-order valence-corrected chi connectivity index (χ1v) is 8.93. The van der Waals surface area contributed by atoms with Gasteiger partial charge in [0.1, 0.15) is 5.82 Å². The molecule has 4 rings (SSSR count). The molecule has 0 bridgehead atoms. The zero-order valence-electron chi connectivity index (χ0n) is 13.0. The fourth-order valence-corrected chi connectivity index (χ4v) is 3.65. The minimum absolute atomic E-state index is 0.228. The first-order chi connectivity index (χ1) is 11.3. The second-order valence-electron chi connectivity index (χ2n) is 5.91. The van der Waals surface area contributed by atoms with Gasteiger partial charge in [-0.1, -0.05) is 12.1 Å². The lowest BCUT2D eigenvalue weighted by atomic mass is 10.1. The third-order valence-corrected chi connectivity index (χ3v) is 4.95. The summed E-state index contributed by atoms with van der Waals surface area (Å²) in [6.45, 7) is 3.03. The van der Waals surface area contributed by atoms with Crippen LogP contribution in [0.2, 0.25) is 0 Å². The minimum atomic E-state index is 0.228. The summed E-state index contributed by atoms with van der Waals surface area (Å²) >= 11 is 1.66. The molecule has 0 unspecified atom stereocenters. The standard InChI is InChI=1S/C18H19N3OS/c1-12(16-7-4-9-22-16)19-18-14-5-2-3-6-15(14)20-17(21-18)13-8-10-23-11-13/h2-3,5-6,8,10-12,16H,4,7,9H2,1H3,(H,19,20,21)/t12-,16-/m1/s1. The summed E-state index contributed by atoms with van der Waals surface area (Å²) in [5.41, 5.74) is 2.03. The monoisotopic (exact) mass is 325 g/mol. The van der Waals surface area contributed by atoms with E-state index in [1.54, 1.807) is 11.3 Å². The van der Waals surface area contributed by atoms with Crippen molar-refractivity contribution >= 4 is 28.1 Å². The second kappa shape index (κ2) is 6.26. The maximum atomic E-state index is 5.80. The molecule has 1 fully saturated rings. The summed E-state index contributed by atoms with van der Waals surface area (Å²) in [7, 11) is 0. The van der Waals surface area contributed by atoms with Crippen molar-refractivity contribution < 1.29 is 4.74 Å². The number of thiophene rings is 1. The molecule has 3 heterocycles. The average molecular weight is 325 g/mol. The van der Waals surface area contributed by atoms with Crippen molar-refractivity contribution in [2.75, 3.05) is 11.9 Å². The summed E-state index contributed by atoms with van der Waals surface area (Å²) in [5.74, 6) is 1.66. The Kier molecular flexibility index (Phi) is 3.97. The van der Waals surface area contributed by atoms with Gasteiger partial charge >= 0.3 is 0 Å². The highest BCUT2D eigenvalue weighted by Crippen LogP contribution is 2.27. The number of hydrogen-bond acceptors (Lipinski definition) is 5. The highest BCUT2D eigenvalue weighted by Gasteiger charge is 2.23. The third-order valence-electron chi connectivity index (χ3n) is 4.27. The Bertz CT molecular complexity index is 797. The predicted octanol–water partition coefficient (Wildman–Crippen LogP) is 4.34. The van der Waals surface area contributed by atoms with Crippen molar-refractivity contribution in [3.05, 3.63) is 41.1 Å². The molecule has 2 atom stereocenters. The lowest BCUT2D eigenvalue weighted by molar-refractivity contribution is 0.0996. The molecule has 1 aliphatic heterocycles. The summed E-state index contributed by atoms with van der Waals surface area (Å²) in [6, 6.07) is 10.4. The van der Waals surface area contributed by atoms with Crippen molar-refractivity contribution in [1.82, 2.24) is 9.97 Å². The van der Waals surface area contributed by atoms with Crippen molar-refractivity contribution in [2.45, 2.75) is 31.9 Å². The van der Waals surface area contributed by atoms with Gasteiger partial charge in [-0.3, -0.25) is 0 Å². The van der Waals surface area contributed by atoms with Crippen LogP contribution < -0.4 is 5.32 Å². The molecule has 1 N–H and O–H groups in total. The third kappa shape index (κ3) is 2.94. The van der Waals surface area contributed by atoms with Gasteiger partial charge in [-0.15, -0.1) is 0 Å². The van der Waals surface area contributed by atoms with Crippen LogP contribution >= 0.6 is 11.3 Å². The van der Waals surface area contributed by atoms with Crippen molar-refractivity contribution in [3.63, 3.8) is 0 Å². The molecule has 0 aliphatic carbocycles. The molecule has 1 saturated heterocycles. The zero-order chi connectivity index (χ0) is 15.6. The molecule has 1 aliphatic rings. The number of nitrogens with zero attached hydrogens (tertiary/aromatic N) is 2. The summed E-state index contributed by atoms with van der Waals surface area (Å²) in [4.78, 5) is 9.49. The quantitative estimate of drug-likeness (QED) is 0.775. The van der Waals surface area contributed by atoms with E-state index in [2.05, 4.69) is 35.1 Å². The van der Waals surface area contributed by atoms with Crippen LogP contribution in [0.5, 0.6) is 0 Å². The summed E-state index contributed by atoms with van der Waals surface area (Å²) in [6.07, 6.45) is 2.50. The maximum absolute atomic E-state index is 5.80. The Morgan fingerprint density at radius 1 is 1.26 bits per heavy atom. The average Bonchev–Trinajstić information content (AvgIpc) is 3.28. The number of nitrogens with one attached hydrogen (secondary N) is 1. The van der Waals surface area contributed by atoms with Crippen LogP contribution in [0, 0.1) is 0 Å². The number of anilines is 1. The number of hydrogen-bond donors (Lipinski definition) is 1. The fourth-order valence-electron chi connectivity index (χ4n) is 3.01. The van der Waals surface area contributed by atoms with Crippen molar-refractivity contribution in [1.29, 1.82) is 0 Å². The number of para-hydroxylation sites is 1. The van der Waals surface area contributed by atoms with Crippen molar-refractivity contribution in [2.24, 2.45) is 0 Å². The Balaban J connectivity index is 1.74. The van der Waals surface area contributed by atoms with E-state index >= 15 is 0 Å². The van der Waals surface area contributed by atoms with E-state index in [4.69, 9.17) is 14.7 Å². The lowest BCUT2D eigenvalue weighted by Gasteiger charge is -2.21. The van der Waals surface area contributed by atoms with Gasteiger partial charge < -0.3 is 10.1 Å². The van der Waals surface area contributed by atoms with Gasteiger partial charge in [-0.05, 0) is 43.3 Å². The number of benzene rings is 1. The summed E-state index contributed by atoms with van der Waals surface area (Å²) in [5, 5.41) is 8.74. The Labute approximate surface area is 139 Å². The second-order valence-corrected chi connectivity index (χ2v) is 6.69. The molecule has 23 heavy (non-hydrogen) atoms. The molecule has 3 aromatic rings. The van der Waals surface area contributed by atoms with Crippen LogP contribution in [-0.2, 0) is 4.74 Å². The predicted molar refractivity (Wildman–Crippen MR) is 94.9 cm³/mol. The van der Waals surface area contributed by atoms with Gasteiger partial charge in [0.05, 0.1) is 17.7 Å². The van der Waals surface area contributed by atoms with E-state index < -0.39 is 0 Å². The molecule has 0 amide bonds. The molecule has 4 nitrogen and oxygen atoms in total. The molecule has 5 heteroatoms. The first-order valence-electron chi connectivity index (χ1n) is 7.99. The van der Waals surface area contributed by atoms with Crippen LogP contribution in [0.4, 0.5) is 5.82 Å². The minimum Gasteiger partial charge on any atom is -0.376 e. The van der Waals surface area contributed by atoms with Gasteiger partial charge in [0.2, 0.25) is 0 Å². The smallest absolute Gasteiger partial charge is 0.162 e. The first kappa shape index (κ1) is 14.6. The number of fused-ring (bicyclic) bond motifs is 1. The van der Waals surface area contributed by atoms with Gasteiger partial charge in [-0.25, -0.2) is 9.97 Å².